The molecular formula is C16H24N2O4S. The van der Waals surface area contributed by atoms with Crippen LogP contribution in [0, 0.1) is 5.92 Å². The predicted molar refractivity (Wildman–Crippen MR) is 88.7 cm³/mol. The predicted octanol–water partition coefficient (Wildman–Crippen LogP) is 1.24. The Balaban J connectivity index is 1.60. The highest BCUT2D eigenvalue weighted by Gasteiger charge is 2.24. The van der Waals surface area contributed by atoms with Crippen molar-refractivity contribution in [2.75, 3.05) is 32.5 Å². The van der Waals surface area contributed by atoms with Crippen LogP contribution in [0.4, 0.5) is 0 Å². The first-order chi connectivity index (χ1) is 10.9. The molecule has 0 radical (unpaired) electrons. The summed E-state index contributed by atoms with van der Waals surface area (Å²) in [6, 6.07) is 9.39. The molecule has 0 spiro atoms. The van der Waals surface area contributed by atoms with Gasteiger partial charge in [0.1, 0.15) is 5.75 Å². The summed E-state index contributed by atoms with van der Waals surface area (Å²) in [6.45, 7) is 2.02. The molecule has 1 aliphatic heterocycles. The standard InChI is InChI=1S/C16H24N2O4S/c1-23(20,21)18-10-7-14(8-11-18)13-17-16(19)9-12-22-15-5-3-2-4-6-15/h2-6,14H,7-13H2,1H3,(H,17,19). The fourth-order valence-corrected chi connectivity index (χ4v) is 3.44. The molecule has 1 saturated heterocycles. The van der Waals surface area contributed by atoms with Gasteiger partial charge in [0.25, 0.3) is 0 Å². The van der Waals surface area contributed by atoms with Crippen molar-refractivity contribution in [2.24, 2.45) is 5.92 Å². The van der Waals surface area contributed by atoms with Crippen molar-refractivity contribution >= 4 is 15.9 Å². The Hall–Kier alpha value is -1.60. The van der Waals surface area contributed by atoms with Crippen molar-refractivity contribution in [3.8, 4) is 5.75 Å². The molecule has 0 unspecified atom stereocenters. The quantitative estimate of drug-likeness (QED) is 0.810. The minimum atomic E-state index is -3.09. The lowest BCUT2D eigenvalue weighted by molar-refractivity contribution is -0.121. The number of amides is 1. The Labute approximate surface area is 137 Å². The second-order valence-corrected chi connectivity index (χ2v) is 7.80. The van der Waals surface area contributed by atoms with Gasteiger partial charge in [-0.3, -0.25) is 4.79 Å². The number of piperidine rings is 1. The SMILES string of the molecule is CS(=O)(=O)N1CCC(CNC(=O)CCOc2ccccc2)CC1. The number of nitrogens with one attached hydrogen (secondary N) is 1. The lowest BCUT2D eigenvalue weighted by atomic mass is 9.98. The first-order valence-electron chi connectivity index (χ1n) is 7.85. The molecule has 6 nitrogen and oxygen atoms in total. The van der Waals surface area contributed by atoms with Gasteiger partial charge in [0.05, 0.1) is 19.3 Å². The molecule has 1 aromatic carbocycles. The Kier molecular flexibility index (Phi) is 6.41. The van der Waals surface area contributed by atoms with Crippen LogP contribution in [0.25, 0.3) is 0 Å². The molecule has 1 amide bonds. The molecule has 128 valence electrons. The smallest absolute Gasteiger partial charge is 0.223 e. The van der Waals surface area contributed by atoms with Crippen LogP contribution >= 0.6 is 0 Å². The lowest BCUT2D eigenvalue weighted by Gasteiger charge is -2.30. The number of carbonyl (C=O) groups excluding carboxylic acids is 1. The lowest BCUT2D eigenvalue weighted by Crippen LogP contribution is -2.41. The van der Waals surface area contributed by atoms with E-state index in [9.17, 15) is 13.2 Å². The highest BCUT2D eigenvalue weighted by molar-refractivity contribution is 7.88. The summed E-state index contributed by atoms with van der Waals surface area (Å²) < 4.78 is 29.9. The van der Waals surface area contributed by atoms with E-state index in [1.54, 1.807) is 0 Å². The summed E-state index contributed by atoms with van der Waals surface area (Å²) in [5, 5.41) is 2.91. The van der Waals surface area contributed by atoms with E-state index >= 15 is 0 Å². The molecule has 0 atom stereocenters. The van der Waals surface area contributed by atoms with Crippen LogP contribution in [0.15, 0.2) is 30.3 Å². The normalized spacial score (nSPS) is 16.9. The van der Waals surface area contributed by atoms with Crippen LogP contribution in [-0.2, 0) is 14.8 Å². The van der Waals surface area contributed by atoms with Gasteiger partial charge >= 0.3 is 0 Å². The van der Waals surface area contributed by atoms with Gasteiger partial charge in [0.2, 0.25) is 15.9 Å². The number of rotatable bonds is 7. The molecule has 0 aromatic heterocycles. The van der Waals surface area contributed by atoms with Crippen LogP contribution in [-0.4, -0.2) is 51.1 Å². The number of hydrogen-bond acceptors (Lipinski definition) is 4. The minimum Gasteiger partial charge on any atom is -0.493 e. The molecule has 1 fully saturated rings. The molecule has 1 N–H and O–H groups in total. The van der Waals surface area contributed by atoms with E-state index in [1.807, 2.05) is 30.3 Å². The van der Waals surface area contributed by atoms with Crippen molar-refractivity contribution in [1.29, 1.82) is 0 Å². The van der Waals surface area contributed by atoms with E-state index < -0.39 is 10.0 Å². The van der Waals surface area contributed by atoms with Crippen LogP contribution in [0.5, 0.6) is 5.75 Å². The fourth-order valence-electron chi connectivity index (χ4n) is 2.57. The van der Waals surface area contributed by atoms with Crippen LogP contribution in [0.3, 0.4) is 0 Å². The van der Waals surface area contributed by atoms with Gasteiger partial charge in [0, 0.05) is 19.6 Å². The monoisotopic (exact) mass is 340 g/mol. The number of hydrogen-bond donors (Lipinski definition) is 1. The molecule has 1 heterocycles. The largest absolute Gasteiger partial charge is 0.493 e. The average Bonchev–Trinajstić information content (AvgIpc) is 2.53. The van der Waals surface area contributed by atoms with Gasteiger partial charge in [0.15, 0.2) is 0 Å². The molecule has 23 heavy (non-hydrogen) atoms. The number of sulfonamides is 1. The summed E-state index contributed by atoms with van der Waals surface area (Å²) in [5.41, 5.74) is 0. The number of carbonyl (C=O) groups is 1. The van der Waals surface area contributed by atoms with Crippen molar-refractivity contribution in [2.45, 2.75) is 19.3 Å². The van der Waals surface area contributed by atoms with E-state index in [-0.39, 0.29) is 5.91 Å². The van der Waals surface area contributed by atoms with Gasteiger partial charge in [-0.1, -0.05) is 18.2 Å². The highest BCUT2D eigenvalue weighted by atomic mass is 32.2. The van der Waals surface area contributed by atoms with Gasteiger partial charge in [-0.2, -0.15) is 0 Å². The molecule has 0 bridgehead atoms. The first-order valence-corrected chi connectivity index (χ1v) is 9.69. The average molecular weight is 340 g/mol. The van der Waals surface area contributed by atoms with Crippen LogP contribution in [0.1, 0.15) is 19.3 Å². The maximum Gasteiger partial charge on any atom is 0.223 e. The van der Waals surface area contributed by atoms with Crippen molar-refractivity contribution in [3.63, 3.8) is 0 Å². The molecule has 2 rings (SSSR count). The van der Waals surface area contributed by atoms with E-state index in [1.165, 1.54) is 10.6 Å². The number of para-hydroxylation sites is 1. The van der Waals surface area contributed by atoms with Crippen LogP contribution in [0.2, 0.25) is 0 Å². The van der Waals surface area contributed by atoms with E-state index in [4.69, 9.17) is 4.74 Å². The maximum atomic E-state index is 11.8. The maximum absolute atomic E-state index is 11.8. The zero-order valence-electron chi connectivity index (χ0n) is 13.4. The summed E-state index contributed by atoms with van der Waals surface area (Å²) in [4.78, 5) is 11.8. The molecule has 1 aliphatic rings. The molecule has 0 aliphatic carbocycles. The second kappa shape index (κ2) is 8.31. The van der Waals surface area contributed by atoms with Gasteiger partial charge in [-0.15, -0.1) is 0 Å². The third-order valence-corrected chi connectivity index (χ3v) is 5.27. The second-order valence-electron chi connectivity index (χ2n) is 5.82. The minimum absolute atomic E-state index is 0.0357. The Morgan fingerprint density at radius 1 is 1.26 bits per heavy atom. The van der Waals surface area contributed by atoms with Crippen molar-refractivity contribution < 1.29 is 17.9 Å². The molecule has 7 heteroatoms. The molecule has 1 aromatic rings. The number of benzene rings is 1. The summed E-state index contributed by atoms with van der Waals surface area (Å²) in [5.74, 6) is 1.06. The Morgan fingerprint density at radius 2 is 1.91 bits per heavy atom. The van der Waals surface area contributed by atoms with Gasteiger partial charge < -0.3 is 10.1 Å². The topological polar surface area (TPSA) is 75.7 Å². The highest BCUT2D eigenvalue weighted by Crippen LogP contribution is 2.18. The number of nitrogens with zero attached hydrogens (tertiary/aromatic N) is 1. The molecule has 0 saturated carbocycles. The Morgan fingerprint density at radius 3 is 2.52 bits per heavy atom. The third-order valence-electron chi connectivity index (χ3n) is 3.97. The zero-order valence-corrected chi connectivity index (χ0v) is 14.2. The number of ether oxygens (including phenoxy) is 1. The fraction of sp³-hybridized carbons (Fsp3) is 0.562. The van der Waals surface area contributed by atoms with Crippen molar-refractivity contribution in [1.82, 2.24) is 9.62 Å². The summed E-state index contributed by atoms with van der Waals surface area (Å²) in [6.07, 6.45) is 3.13. The third kappa shape index (κ3) is 6.19. The zero-order chi connectivity index (χ0) is 16.7. The summed E-state index contributed by atoms with van der Waals surface area (Å²) >= 11 is 0. The summed E-state index contributed by atoms with van der Waals surface area (Å²) in [7, 11) is -3.09. The first kappa shape index (κ1) is 17.7. The molecular weight excluding hydrogens is 316 g/mol. The van der Waals surface area contributed by atoms with E-state index in [0.29, 0.717) is 38.6 Å². The Bertz CT molecular complexity index is 596. The van der Waals surface area contributed by atoms with Crippen molar-refractivity contribution in [3.05, 3.63) is 30.3 Å². The van der Waals surface area contributed by atoms with E-state index in [0.717, 1.165) is 18.6 Å². The van der Waals surface area contributed by atoms with E-state index in [2.05, 4.69) is 5.32 Å². The van der Waals surface area contributed by atoms with Crippen LogP contribution < -0.4 is 10.1 Å². The van der Waals surface area contributed by atoms with Gasteiger partial charge in [-0.25, -0.2) is 12.7 Å². The van der Waals surface area contributed by atoms with Gasteiger partial charge in [-0.05, 0) is 30.9 Å².